The van der Waals surface area contributed by atoms with E-state index in [-0.39, 0.29) is 0 Å². The Balaban J connectivity index is 2.12. The number of rotatable bonds is 2. The van der Waals surface area contributed by atoms with Crippen LogP contribution in [0.15, 0.2) is 18.2 Å². The number of carboxylic acids is 1. The highest BCUT2D eigenvalue weighted by atomic mass is 35.5. The summed E-state index contributed by atoms with van der Waals surface area (Å²) in [6, 6.07) is 3.40. The Bertz CT molecular complexity index is 541. The first-order valence-electron chi connectivity index (χ1n) is 5.82. The van der Waals surface area contributed by atoms with Crippen LogP contribution in [0.2, 0.25) is 10.0 Å². The van der Waals surface area contributed by atoms with E-state index in [0.29, 0.717) is 33.8 Å². The van der Waals surface area contributed by atoms with Crippen molar-refractivity contribution in [3.63, 3.8) is 0 Å². The van der Waals surface area contributed by atoms with Gasteiger partial charge in [0.25, 0.3) is 0 Å². The van der Waals surface area contributed by atoms with Crippen LogP contribution in [0.3, 0.4) is 0 Å². The van der Waals surface area contributed by atoms with Crippen LogP contribution in [-0.4, -0.2) is 46.1 Å². The highest BCUT2D eigenvalue weighted by Gasteiger charge is 2.32. The van der Waals surface area contributed by atoms with Gasteiger partial charge in [0.15, 0.2) is 0 Å². The van der Waals surface area contributed by atoms with Crippen LogP contribution < -0.4 is 5.32 Å². The van der Waals surface area contributed by atoms with E-state index in [1.165, 1.54) is 22.7 Å². The molecule has 0 spiro atoms. The summed E-state index contributed by atoms with van der Waals surface area (Å²) in [7, 11) is 0. The van der Waals surface area contributed by atoms with Crippen LogP contribution in [0.5, 0.6) is 0 Å². The highest BCUT2D eigenvalue weighted by Crippen LogP contribution is 2.26. The number of carbonyl (C=O) groups is 2. The predicted molar refractivity (Wildman–Crippen MR) is 80.9 cm³/mol. The molecule has 20 heavy (non-hydrogen) atoms. The fourth-order valence-electron chi connectivity index (χ4n) is 1.83. The lowest BCUT2D eigenvalue weighted by atomic mass is 10.3. The van der Waals surface area contributed by atoms with Gasteiger partial charge in [-0.25, -0.2) is 9.59 Å². The second-order valence-electron chi connectivity index (χ2n) is 4.18. The molecule has 0 radical (unpaired) electrons. The third kappa shape index (κ3) is 3.50. The Labute approximate surface area is 130 Å². The molecule has 1 aliphatic rings. The minimum absolute atomic E-state index is 0.309. The van der Waals surface area contributed by atoms with Gasteiger partial charge < -0.3 is 15.3 Å². The zero-order valence-electron chi connectivity index (χ0n) is 10.3. The standard InChI is InChI=1S/C12H12Cl2N2O3S/c13-7-1-2-9(8(14)5-7)15-12(19)16-3-4-20-6-10(16)11(17)18/h1-2,5,10H,3-4,6H2,(H,15,19)(H,17,18). The molecule has 1 heterocycles. The van der Waals surface area contributed by atoms with Crippen molar-refractivity contribution in [3.05, 3.63) is 28.2 Å². The molecule has 1 saturated heterocycles. The number of hydrogen-bond donors (Lipinski definition) is 2. The SMILES string of the molecule is O=C(O)C1CSCCN1C(=O)Nc1ccc(Cl)cc1Cl. The van der Waals surface area contributed by atoms with Gasteiger partial charge in [0.2, 0.25) is 0 Å². The molecular weight excluding hydrogens is 323 g/mol. The van der Waals surface area contributed by atoms with Gasteiger partial charge in [0.05, 0.1) is 10.7 Å². The summed E-state index contributed by atoms with van der Waals surface area (Å²) in [5.74, 6) is 0.0948. The number of urea groups is 1. The van der Waals surface area contributed by atoms with Crippen molar-refractivity contribution in [3.8, 4) is 0 Å². The van der Waals surface area contributed by atoms with Crippen LogP contribution in [0.1, 0.15) is 0 Å². The lowest BCUT2D eigenvalue weighted by Gasteiger charge is -2.32. The van der Waals surface area contributed by atoms with Crippen molar-refractivity contribution in [2.45, 2.75) is 6.04 Å². The molecule has 2 N–H and O–H groups in total. The Kier molecular flexibility index (Phi) is 5.01. The van der Waals surface area contributed by atoms with E-state index in [0.717, 1.165) is 0 Å². The van der Waals surface area contributed by atoms with Gasteiger partial charge in [-0.15, -0.1) is 0 Å². The van der Waals surface area contributed by atoms with E-state index < -0.39 is 18.0 Å². The van der Waals surface area contributed by atoms with E-state index in [1.807, 2.05) is 0 Å². The van der Waals surface area contributed by atoms with Crippen molar-refractivity contribution < 1.29 is 14.7 Å². The quantitative estimate of drug-likeness (QED) is 0.872. The van der Waals surface area contributed by atoms with Crippen molar-refractivity contribution in [1.82, 2.24) is 4.90 Å². The lowest BCUT2D eigenvalue weighted by Crippen LogP contribution is -2.51. The number of anilines is 1. The van der Waals surface area contributed by atoms with Crippen LogP contribution >= 0.6 is 35.0 Å². The summed E-state index contributed by atoms with van der Waals surface area (Å²) >= 11 is 13.3. The third-order valence-electron chi connectivity index (χ3n) is 2.85. The van der Waals surface area contributed by atoms with Crippen LogP contribution in [0, 0.1) is 0 Å². The number of benzene rings is 1. The second-order valence-corrected chi connectivity index (χ2v) is 6.17. The molecule has 1 atom stereocenters. The summed E-state index contributed by atoms with van der Waals surface area (Å²) in [6.07, 6.45) is 0. The number of carboxylic acid groups (broad SMARTS) is 1. The van der Waals surface area contributed by atoms with Crippen LogP contribution in [0.4, 0.5) is 10.5 Å². The molecule has 2 amide bonds. The topological polar surface area (TPSA) is 69.6 Å². The van der Waals surface area contributed by atoms with Gasteiger partial charge in [-0.05, 0) is 18.2 Å². The second kappa shape index (κ2) is 6.56. The highest BCUT2D eigenvalue weighted by molar-refractivity contribution is 7.99. The van der Waals surface area contributed by atoms with E-state index in [1.54, 1.807) is 12.1 Å². The molecular formula is C12H12Cl2N2O3S. The molecule has 1 aromatic rings. The minimum Gasteiger partial charge on any atom is -0.480 e. The number of nitrogens with zero attached hydrogens (tertiary/aromatic N) is 1. The van der Waals surface area contributed by atoms with Crippen molar-refractivity contribution in [2.75, 3.05) is 23.4 Å². The number of amides is 2. The third-order valence-corrected chi connectivity index (χ3v) is 4.42. The molecule has 1 fully saturated rings. The Hall–Kier alpha value is -1.11. The molecule has 0 bridgehead atoms. The summed E-state index contributed by atoms with van der Waals surface area (Å²) in [5.41, 5.74) is 0.406. The number of aliphatic carboxylic acids is 1. The molecule has 1 unspecified atom stereocenters. The molecule has 2 rings (SSSR count). The van der Waals surface area contributed by atoms with E-state index in [9.17, 15) is 9.59 Å². The molecule has 0 saturated carbocycles. The lowest BCUT2D eigenvalue weighted by molar-refractivity contribution is -0.141. The first-order valence-corrected chi connectivity index (χ1v) is 7.73. The monoisotopic (exact) mass is 334 g/mol. The fourth-order valence-corrected chi connectivity index (χ4v) is 3.32. The number of carbonyl (C=O) groups excluding carboxylic acids is 1. The molecule has 0 aliphatic carbocycles. The Morgan fingerprint density at radius 3 is 2.80 bits per heavy atom. The first kappa shape index (κ1) is 15.3. The fraction of sp³-hybridized carbons (Fsp3) is 0.333. The molecule has 0 aromatic heterocycles. The van der Waals surface area contributed by atoms with Gasteiger partial charge in [0.1, 0.15) is 6.04 Å². The van der Waals surface area contributed by atoms with Crippen LogP contribution in [0.25, 0.3) is 0 Å². The van der Waals surface area contributed by atoms with E-state index in [4.69, 9.17) is 28.3 Å². The minimum atomic E-state index is -1.01. The molecule has 5 nitrogen and oxygen atoms in total. The average molecular weight is 335 g/mol. The molecule has 8 heteroatoms. The normalized spacial score (nSPS) is 18.7. The molecule has 1 aliphatic heterocycles. The summed E-state index contributed by atoms with van der Waals surface area (Å²) in [4.78, 5) is 24.6. The van der Waals surface area contributed by atoms with Gasteiger partial charge in [-0.3, -0.25) is 0 Å². The van der Waals surface area contributed by atoms with Crippen molar-refractivity contribution in [2.24, 2.45) is 0 Å². The van der Waals surface area contributed by atoms with Crippen molar-refractivity contribution in [1.29, 1.82) is 0 Å². The maximum atomic E-state index is 12.2. The van der Waals surface area contributed by atoms with Gasteiger partial charge in [0, 0.05) is 23.1 Å². The Morgan fingerprint density at radius 1 is 1.40 bits per heavy atom. The number of thioether (sulfide) groups is 1. The maximum Gasteiger partial charge on any atom is 0.327 e. The van der Waals surface area contributed by atoms with Crippen molar-refractivity contribution >= 4 is 52.7 Å². The van der Waals surface area contributed by atoms with Gasteiger partial charge in [-0.1, -0.05) is 23.2 Å². The predicted octanol–water partition coefficient (Wildman–Crippen LogP) is 3.03. The van der Waals surface area contributed by atoms with E-state index >= 15 is 0 Å². The number of nitrogens with one attached hydrogen (secondary N) is 1. The smallest absolute Gasteiger partial charge is 0.327 e. The average Bonchev–Trinajstić information content (AvgIpc) is 2.41. The summed E-state index contributed by atoms with van der Waals surface area (Å²) in [5, 5.41) is 12.5. The van der Waals surface area contributed by atoms with Gasteiger partial charge in [-0.2, -0.15) is 11.8 Å². The molecule has 108 valence electrons. The summed E-state index contributed by atoms with van der Waals surface area (Å²) < 4.78 is 0. The maximum absolute atomic E-state index is 12.2. The summed E-state index contributed by atoms with van der Waals surface area (Å²) in [6.45, 7) is 0.388. The largest absolute Gasteiger partial charge is 0.480 e. The zero-order chi connectivity index (χ0) is 14.7. The molecule has 1 aromatic carbocycles. The van der Waals surface area contributed by atoms with E-state index in [2.05, 4.69) is 5.32 Å². The van der Waals surface area contributed by atoms with Crippen LogP contribution in [-0.2, 0) is 4.79 Å². The van der Waals surface area contributed by atoms with Gasteiger partial charge >= 0.3 is 12.0 Å². The Morgan fingerprint density at radius 2 is 2.15 bits per heavy atom. The first-order chi connectivity index (χ1) is 9.49. The zero-order valence-corrected chi connectivity index (χ0v) is 12.6. The number of hydrogen-bond acceptors (Lipinski definition) is 3. The number of halogens is 2.